The molecule has 4 heteroatoms. The highest BCUT2D eigenvalue weighted by atomic mass is 16.5. The van der Waals surface area contributed by atoms with Crippen molar-refractivity contribution >= 4 is 5.97 Å². The molecule has 19 heavy (non-hydrogen) atoms. The van der Waals surface area contributed by atoms with E-state index in [-0.39, 0.29) is 29.8 Å². The van der Waals surface area contributed by atoms with E-state index in [1.165, 1.54) is 6.07 Å². The quantitative estimate of drug-likeness (QED) is 0.607. The third kappa shape index (κ3) is 2.12. The van der Waals surface area contributed by atoms with Gasteiger partial charge in [-0.15, -0.1) is 0 Å². The zero-order chi connectivity index (χ0) is 13.4. The van der Waals surface area contributed by atoms with Crippen molar-refractivity contribution in [1.29, 1.82) is 0 Å². The van der Waals surface area contributed by atoms with Gasteiger partial charge in [-0.2, -0.15) is 0 Å². The van der Waals surface area contributed by atoms with Crippen LogP contribution in [0.1, 0.15) is 23.5 Å². The van der Waals surface area contributed by atoms with Crippen LogP contribution in [0.25, 0.3) is 0 Å². The van der Waals surface area contributed by atoms with Gasteiger partial charge in [0.1, 0.15) is 17.2 Å². The average molecular weight is 256 g/mol. The maximum Gasteiger partial charge on any atom is 0.312 e. The first kappa shape index (κ1) is 11.6. The van der Waals surface area contributed by atoms with Crippen molar-refractivity contribution in [3.8, 4) is 17.2 Å². The van der Waals surface area contributed by atoms with E-state index in [4.69, 9.17) is 4.74 Å². The molecule has 0 radical (unpaired) electrons. The summed E-state index contributed by atoms with van der Waals surface area (Å²) >= 11 is 0. The van der Waals surface area contributed by atoms with Gasteiger partial charge in [0.2, 0.25) is 0 Å². The van der Waals surface area contributed by atoms with Crippen molar-refractivity contribution in [2.75, 3.05) is 0 Å². The minimum atomic E-state index is -0.323. The summed E-state index contributed by atoms with van der Waals surface area (Å²) in [4.78, 5) is 11.6. The standard InChI is InChI=1S/C15H12O4/c16-10-3-1-9(2-4-10)13-8-15(18)19-14-7-11(17)5-6-12(13)14/h1-7,13,16-17H,8H2/t13-/m0/s1. The predicted molar refractivity (Wildman–Crippen MR) is 68.3 cm³/mol. The van der Waals surface area contributed by atoms with Crippen LogP contribution in [0.2, 0.25) is 0 Å². The zero-order valence-corrected chi connectivity index (χ0v) is 10.0. The average Bonchev–Trinajstić information content (AvgIpc) is 2.38. The van der Waals surface area contributed by atoms with Gasteiger partial charge in [0, 0.05) is 17.5 Å². The molecule has 0 bridgehead atoms. The summed E-state index contributed by atoms with van der Waals surface area (Å²) in [6.45, 7) is 0. The minimum absolute atomic E-state index is 0.0675. The number of esters is 1. The smallest absolute Gasteiger partial charge is 0.312 e. The van der Waals surface area contributed by atoms with E-state index in [9.17, 15) is 15.0 Å². The second-order valence-corrected chi connectivity index (χ2v) is 4.54. The Morgan fingerprint density at radius 1 is 1.00 bits per heavy atom. The number of phenols is 2. The van der Waals surface area contributed by atoms with Crippen LogP contribution in [0, 0.1) is 0 Å². The molecule has 2 aromatic carbocycles. The molecular weight excluding hydrogens is 244 g/mol. The highest BCUT2D eigenvalue weighted by molar-refractivity contribution is 5.78. The molecule has 1 heterocycles. The van der Waals surface area contributed by atoms with Crippen LogP contribution in [0.15, 0.2) is 42.5 Å². The van der Waals surface area contributed by atoms with Crippen molar-refractivity contribution < 1.29 is 19.7 Å². The lowest BCUT2D eigenvalue weighted by atomic mass is 9.86. The van der Waals surface area contributed by atoms with Crippen LogP contribution in [0.5, 0.6) is 17.2 Å². The lowest BCUT2D eigenvalue weighted by Gasteiger charge is -2.24. The molecule has 1 atom stereocenters. The van der Waals surface area contributed by atoms with Crippen molar-refractivity contribution in [3.05, 3.63) is 53.6 Å². The highest BCUT2D eigenvalue weighted by Crippen LogP contribution is 2.40. The molecule has 1 aliphatic heterocycles. The topological polar surface area (TPSA) is 66.8 Å². The Balaban J connectivity index is 2.08. The Kier molecular flexibility index (Phi) is 2.63. The predicted octanol–water partition coefficient (Wildman–Crippen LogP) is 2.54. The Morgan fingerprint density at radius 2 is 1.68 bits per heavy atom. The third-order valence-electron chi connectivity index (χ3n) is 3.26. The largest absolute Gasteiger partial charge is 0.508 e. The number of carbonyl (C=O) groups is 1. The molecule has 0 amide bonds. The molecule has 0 saturated carbocycles. The van der Waals surface area contributed by atoms with E-state index in [1.54, 1.807) is 36.4 Å². The van der Waals surface area contributed by atoms with Gasteiger partial charge in [0.25, 0.3) is 0 Å². The number of benzene rings is 2. The first-order valence-electron chi connectivity index (χ1n) is 5.96. The maximum absolute atomic E-state index is 11.6. The number of fused-ring (bicyclic) bond motifs is 1. The number of hydrogen-bond donors (Lipinski definition) is 2. The van der Waals surface area contributed by atoms with Crippen molar-refractivity contribution in [2.45, 2.75) is 12.3 Å². The van der Waals surface area contributed by atoms with Gasteiger partial charge < -0.3 is 14.9 Å². The molecule has 0 aliphatic carbocycles. The van der Waals surface area contributed by atoms with Gasteiger partial charge in [0.05, 0.1) is 6.42 Å². The van der Waals surface area contributed by atoms with Crippen LogP contribution < -0.4 is 4.74 Å². The molecule has 4 nitrogen and oxygen atoms in total. The van der Waals surface area contributed by atoms with Gasteiger partial charge in [0.15, 0.2) is 0 Å². The normalized spacial score (nSPS) is 17.7. The highest BCUT2D eigenvalue weighted by Gasteiger charge is 2.28. The van der Waals surface area contributed by atoms with Crippen LogP contribution in [0.3, 0.4) is 0 Å². The number of carbonyl (C=O) groups excluding carboxylic acids is 1. The summed E-state index contributed by atoms with van der Waals surface area (Å²) in [5.41, 5.74) is 1.80. The number of rotatable bonds is 1. The molecule has 96 valence electrons. The first-order valence-corrected chi connectivity index (χ1v) is 5.96. The fourth-order valence-corrected chi connectivity index (χ4v) is 2.34. The van der Waals surface area contributed by atoms with Crippen LogP contribution >= 0.6 is 0 Å². The fourth-order valence-electron chi connectivity index (χ4n) is 2.34. The number of phenolic OH excluding ortho intramolecular Hbond substituents is 2. The van der Waals surface area contributed by atoms with E-state index in [2.05, 4.69) is 0 Å². The van der Waals surface area contributed by atoms with E-state index in [1.807, 2.05) is 0 Å². The Morgan fingerprint density at radius 3 is 2.42 bits per heavy atom. The van der Waals surface area contributed by atoms with Gasteiger partial charge in [-0.25, -0.2) is 0 Å². The second kappa shape index (κ2) is 4.31. The van der Waals surface area contributed by atoms with Gasteiger partial charge in [-0.05, 0) is 23.8 Å². The van der Waals surface area contributed by atoms with Crippen molar-refractivity contribution in [3.63, 3.8) is 0 Å². The van der Waals surface area contributed by atoms with Gasteiger partial charge in [-0.3, -0.25) is 4.79 Å². The summed E-state index contributed by atoms with van der Waals surface area (Å²) in [6.07, 6.45) is 0.253. The first-order chi connectivity index (χ1) is 9.13. The summed E-state index contributed by atoms with van der Waals surface area (Å²) in [5.74, 6) is 0.217. The molecule has 0 fully saturated rings. The molecular formula is C15H12O4. The monoisotopic (exact) mass is 256 g/mol. The molecule has 2 N–H and O–H groups in total. The molecule has 0 spiro atoms. The van der Waals surface area contributed by atoms with Crippen LogP contribution in [-0.2, 0) is 4.79 Å². The number of ether oxygens (including phenoxy) is 1. The van der Waals surface area contributed by atoms with E-state index in [0.717, 1.165) is 11.1 Å². The molecule has 0 saturated heterocycles. The number of aromatic hydroxyl groups is 2. The summed E-state index contributed by atoms with van der Waals surface area (Å²) < 4.78 is 5.14. The zero-order valence-electron chi connectivity index (χ0n) is 10.0. The maximum atomic E-state index is 11.6. The Bertz CT molecular complexity index is 631. The lowest BCUT2D eigenvalue weighted by molar-refractivity contribution is -0.135. The van der Waals surface area contributed by atoms with Crippen LogP contribution in [-0.4, -0.2) is 16.2 Å². The molecule has 3 rings (SSSR count). The SMILES string of the molecule is O=C1C[C@@H](c2ccc(O)cc2)c2ccc(O)cc2O1. The van der Waals surface area contributed by atoms with E-state index >= 15 is 0 Å². The lowest BCUT2D eigenvalue weighted by Crippen LogP contribution is -2.20. The van der Waals surface area contributed by atoms with Crippen LogP contribution in [0.4, 0.5) is 0 Å². The molecule has 1 aliphatic rings. The summed E-state index contributed by atoms with van der Waals surface area (Å²) in [5, 5.41) is 18.8. The van der Waals surface area contributed by atoms with Crippen molar-refractivity contribution in [2.24, 2.45) is 0 Å². The van der Waals surface area contributed by atoms with E-state index < -0.39 is 0 Å². The molecule has 0 unspecified atom stereocenters. The van der Waals surface area contributed by atoms with Gasteiger partial charge >= 0.3 is 5.97 Å². The van der Waals surface area contributed by atoms with E-state index in [0.29, 0.717) is 5.75 Å². The Hall–Kier alpha value is -2.49. The summed E-state index contributed by atoms with van der Waals surface area (Å²) in [6, 6.07) is 11.5. The molecule has 0 aromatic heterocycles. The van der Waals surface area contributed by atoms with Crippen molar-refractivity contribution in [1.82, 2.24) is 0 Å². The second-order valence-electron chi connectivity index (χ2n) is 4.54. The van der Waals surface area contributed by atoms with Gasteiger partial charge in [-0.1, -0.05) is 18.2 Å². The summed E-state index contributed by atoms with van der Waals surface area (Å²) in [7, 11) is 0. The number of hydrogen-bond acceptors (Lipinski definition) is 4. The fraction of sp³-hybridized carbons (Fsp3) is 0.133. The minimum Gasteiger partial charge on any atom is -0.508 e. The third-order valence-corrected chi connectivity index (χ3v) is 3.26. The Labute approximate surface area is 109 Å². The molecule has 2 aromatic rings.